The molecule has 3 aromatic rings. The van der Waals surface area contributed by atoms with Gasteiger partial charge in [0.2, 0.25) is 10.0 Å². The molecule has 0 aliphatic carbocycles. The number of sulfonamides is 1. The number of benzene rings is 3. The minimum Gasteiger partial charge on any atom is -0.480 e. The molecule has 0 radical (unpaired) electrons. The van der Waals surface area contributed by atoms with E-state index in [9.17, 15) is 17.6 Å². The minimum absolute atomic E-state index is 0.111. The summed E-state index contributed by atoms with van der Waals surface area (Å²) in [6.07, 6.45) is 0.379. The Morgan fingerprint density at radius 1 is 1.03 bits per heavy atom. The van der Waals surface area contributed by atoms with E-state index >= 15 is 0 Å². The topological polar surface area (TPSA) is 72.9 Å². The molecule has 1 heterocycles. The van der Waals surface area contributed by atoms with Gasteiger partial charge in [0.1, 0.15) is 11.6 Å². The van der Waals surface area contributed by atoms with Crippen molar-refractivity contribution in [3.8, 4) is 5.75 Å². The molecule has 35 heavy (non-hydrogen) atoms. The lowest BCUT2D eigenvalue weighted by molar-refractivity contribution is -0.147. The highest BCUT2D eigenvalue weighted by atomic mass is 32.2. The van der Waals surface area contributed by atoms with Crippen LogP contribution in [0.25, 0.3) is 0 Å². The van der Waals surface area contributed by atoms with Gasteiger partial charge in [0.25, 0.3) is 0 Å². The van der Waals surface area contributed by atoms with Gasteiger partial charge in [-0.2, -0.15) is 4.31 Å². The van der Waals surface area contributed by atoms with Crippen molar-refractivity contribution in [2.24, 2.45) is 5.92 Å². The van der Waals surface area contributed by atoms with Crippen molar-refractivity contribution in [1.82, 2.24) is 4.31 Å². The van der Waals surface area contributed by atoms with Crippen LogP contribution in [0, 0.1) is 11.7 Å². The predicted molar refractivity (Wildman–Crippen MR) is 130 cm³/mol. The Balaban J connectivity index is 1.55. The first-order valence-corrected chi connectivity index (χ1v) is 12.9. The van der Waals surface area contributed by atoms with E-state index < -0.39 is 15.6 Å². The van der Waals surface area contributed by atoms with E-state index in [1.165, 1.54) is 28.6 Å². The summed E-state index contributed by atoms with van der Waals surface area (Å²) < 4.78 is 52.9. The molecule has 1 atom stereocenters. The Morgan fingerprint density at radius 3 is 2.37 bits per heavy atom. The quantitative estimate of drug-likeness (QED) is 0.406. The van der Waals surface area contributed by atoms with Gasteiger partial charge >= 0.3 is 5.97 Å². The normalized spacial score (nSPS) is 16.2. The first-order chi connectivity index (χ1) is 16.7. The predicted octanol–water partition coefficient (Wildman–Crippen LogP) is 4.55. The number of halogens is 1. The number of ether oxygens (including phenoxy) is 2. The zero-order valence-corrected chi connectivity index (χ0v) is 20.5. The van der Waals surface area contributed by atoms with E-state index in [2.05, 4.69) is 0 Å². The molecule has 0 amide bonds. The maximum Gasteiger partial charge on any atom is 0.308 e. The van der Waals surface area contributed by atoms with Crippen LogP contribution < -0.4 is 4.74 Å². The highest BCUT2D eigenvalue weighted by Gasteiger charge is 2.52. The van der Waals surface area contributed by atoms with Crippen LogP contribution >= 0.6 is 0 Å². The second-order valence-corrected chi connectivity index (χ2v) is 10.6. The Hall–Kier alpha value is -3.23. The molecule has 0 N–H and O–H groups in total. The standard InChI is InChI=1S/C27H28FNO5S/c1-3-33-26(30)20(2)16-21-8-7-11-25(17-21)35(31,32)29-18-27(19-29,22-9-5-4-6-10-22)34-24-14-12-23(28)13-15-24/h4-15,17,20H,3,16,18-19H2,1-2H3/t20-/m0/s1. The summed E-state index contributed by atoms with van der Waals surface area (Å²) in [6.45, 7) is 4.03. The van der Waals surface area contributed by atoms with E-state index in [0.29, 0.717) is 18.8 Å². The fourth-order valence-corrected chi connectivity index (χ4v) is 5.78. The monoisotopic (exact) mass is 497 g/mol. The third-order valence-corrected chi connectivity index (χ3v) is 7.85. The van der Waals surface area contributed by atoms with E-state index in [4.69, 9.17) is 9.47 Å². The summed E-state index contributed by atoms with van der Waals surface area (Å²) in [4.78, 5) is 12.1. The summed E-state index contributed by atoms with van der Waals surface area (Å²) in [5, 5.41) is 0. The van der Waals surface area contributed by atoms with Crippen molar-refractivity contribution < 1.29 is 27.1 Å². The van der Waals surface area contributed by atoms with E-state index in [1.54, 1.807) is 38.1 Å². The molecule has 1 aliphatic rings. The summed E-state index contributed by atoms with van der Waals surface area (Å²) in [6, 6.07) is 21.7. The van der Waals surface area contributed by atoms with E-state index in [0.717, 1.165) is 11.1 Å². The van der Waals surface area contributed by atoms with E-state index in [-0.39, 0.29) is 35.7 Å². The molecule has 0 spiro atoms. The number of carbonyl (C=O) groups is 1. The second kappa shape index (κ2) is 10.2. The van der Waals surface area contributed by atoms with Crippen molar-refractivity contribution in [3.63, 3.8) is 0 Å². The molecule has 1 aliphatic heterocycles. The number of hydrogen-bond acceptors (Lipinski definition) is 5. The van der Waals surface area contributed by atoms with Gasteiger partial charge in [-0.25, -0.2) is 12.8 Å². The highest BCUT2D eigenvalue weighted by Crippen LogP contribution is 2.40. The first-order valence-electron chi connectivity index (χ1n) is 11.5. The molecular weight excluding hydrogens is 469 g/mol. The zero-order valence-electron chi connectivity index (χ0n) is 19.7. The highest BCUT2D eigenvalue weighted by molar-refractivity contribution is 7.89. The van der Waals surface area contributed by atoms with Crippen molar-refractivity contribution in [3.05, 3.63) is 95.8 Å². The van der Waals surface area contributed by atoms with Crippen LogP contribution in [0.1, 0.15) is 25.0 Å². The fraction of sp³-hybridized carbons (Fsp3) is 0.296. The number of hydrogen-bond donors (Lipinski definition) is 0. The van der Waals surface area contributed by atoms with Crippen LogP contribution in [-0.4, -0.2) is 38.4 Å². The largest absolute Gasteiger partial charge is 0.480 e. The molecule has 4 rings (SSSR count). The van der Waals surface area contributed by atoms with Gasteiger partial charge in [0.15, 0.2) is 5.60 Å². The molecule has 6 nitrogen and oxygen atoms in total. The van der Waals surface area contributed by atoms with Gasteiger partial charge < -0.3 is 9.47 Å². The van der Waals surface area contributed by atoms with Crippen LogP contribution in [0.5, 0.6) is 5.75 Å². The van der Waals surface area contributed by atoms with Gasteiger partial charge in [0, 0.05) is 0 Å². The number of carbonyl (C=O) groups excluding carboxylic acids is 1. The Labute approximate surface area is 205 Å². The molecule has 0 bridgehead atoms. The molecule has 184 valence electrons. The van der Waals surface area contributed by atoms with Crippen LogP contribution in [-0.2, 0) is 31.6 Å². The molecule has 1 fully saturated rings. The summed E-state index contributed by atoms with van der Waals surface area (Å²) in [5.74, 6) is -0.607. The minimum atomic E-state index is -3.79. The lowest BCUT2D eigenvalue weighted by Crippen LogP contribution is -2.64. The SMILES string of the molecule is CCOC(=O)[C@@H](C)Cc1cccc(S(=O)(=O)N2CC(Oc3ccc(F)cc3)(c3ccccc3)C2)c1. The fourth-order valence-electron chi connectivity index (χ4n) is 4.17. The van der Waals surface area contributed by atoms with Gasteiger partial charge in [0.05, 0.1) is 30.5 Å². The van der Waals surface area contributed by atoms with Crippen LogP contribution in [0.15, 0.2) is 83.8 Å². The lowest BCUT2D eigenvalue weighted by Gasteiger charge is -2.48. The average molecular weight is 498 g/mol. The van der Waals surface area contributed by atoms with Gasteiger partial charge in [-0.1, -0.05) is 49.4 Å². The van der Waals surface area contributed by atoms with Gasteiger partial charge in [-0.3, -0.25) is 4.79 Å². The maximum atomic E-state index is 13.4. The molecule has 8 heteroatoms. The van der Waals surface area contributed by atoms with Crippen LogP contribution in [0.4, 0.5) is 4.39 Å². The molecule has 0 saturated carbocycles. The number of rotatable bonds is 9. The Bertz CT molecular complexity index is 1270. The van der Waals surface area contributed by atoms with Gasteiger partial charge in [-0.15, -0.1) is 0 Å². The third kappa shape index (κ3) is 5.39. The first kappa shape index (κ1) is 24.9. The second-order valence-electron chi connectivity index (χ2n) is 8.69. The van der Waals surface area contributed by atoms with Crippen molar-refractivity contribution in [2.45, 2.75) is 30.8 Å². The summed E-state index contributed by atoms with van der Waals surface area (Å²) >= 11 is 0. The zero-order chi connectivity index (χ0) is 25.1. The van der Waals surface area contributed by atoms with Crippen molar-refractivity contribution in [2.75, 3.05) is 19.7 Å². The van der Waals surface area contributed by atoms with Crippen LogP contribution in [0.2, 0.25) is 0 Å². The molecule has 0 aromatic heterocycles. The summed E-state index contributed by atoms with van der Waals surface area (Å²) in [7, 11) is -3.79. The number of esters is 1. The number of nitrogens with zero attached hydrogens (tertiary/aromatic N) is 1. The van der Waals surface area contributed by atoms with Crippen molar-refractivity contribution >= 4 is 16.0 Å². The molecule has 3 aromatic carbocycles. The molecule has 0 unspecified atom stereocenters. The Morgan fingerprint density at radius 2 is 1.71 bits per heavy atom. The average Bonchev–Trinajstić information content (AvgIpc) is 2.83. The molecular formula is C27H28FNO5S. The molecule has 1 saturated heterocycles. The van der Waals surface area contributed by atoms with Crippen molar-refractivity contribution in [1.29, 1.82) is 0 Å². The van der Waals surface area contributed by atoms with Gasteiger partial charge in [-0.05, 0) is 60.9 Å². The lowest BCUT2D eigenvalue weighted by atomic mass is 9.87. The maximum absolute atomic E-state index is 13.4. The van der Waals surface area contributed by atoms with E-state index in [1.807, 2.05) is 30.3 Å². The Kier molecular flexibility index (Phi) is 7.23. The summed E-state index contributed by atoms with van der Waals surface area (Å²) in [5.41, 5.74) is 0.694. The smallest absolute Gasteiger partial charge is 0.308 e. The third-order valence-electron chi connectivity index (χ3n) is 6.06. The van der Waals surface area contributed by atoms with Crippen LogP contribution in [0.3, 0.4) is 0 Å².